The van der Waals surface area contributed by atoms with E-state index in [0.29, 0.717) is 17.1 Å². The molecule has 0 aliphatic carbocycles. The van der Waals surface area contributed by atoms with E-state index in [-0.39, 0.29) is 12.1 Å². The van der Waals surface area contributed by atoms with Gasteiger partial charge in [0.05, 0.1) is 16.4 Å². The second-order valence-electron chi connectivity index (χ2n) is 4.21. The fourth-order valence-corrected chi connectivity index (χ4v) is 1.72. The number of anilines is 2. The smallest absolute Gasteiger partial charge is 0.0739 e. The molecule has 16 heavy (non-hydrogen) atoms. The van der Waals surface area contributed by atoms with Gasteiger partial charge in [0, 0.05) is 12.1 Å². The monoisotopic (exact) mass is 242 g/mol. The van der Waals surface area contributed by atoms with Crippen LogP contribution in [-0.4, -0.2) is 17.3 Å². The Morgan fingerprint density at radius 1 is 1.50 bits per heavy atom. The highest BCUT2D eigenvalue weighted by molar-refractivity contribution is 6.33. The lowest BCUT2D eigenvalue weighted by molar-refractivity contribution is 0.252. The van der Waals surface area contributed by atoms with Crippen LogP contribution in [0, 0.1) is 0 Å². The van der Waals surface area contributed by atoms with Crippen molar-refractivity contribution in [2.24, 2.45) is 0 Å². The maximum Gasteiger partial charge on any atom is 0.0739 e. The topological polar surface area (TPSA) is 58.3 Å². The van der Waals surface area contributed by atoms with E-state index >= 15 is 0 Å². The molecule has 0 aromatic heterocycles. The summed E-state index contributed by atoms with van der Waals surface area (Å²) in [6.07, 6.45) is 1.58. The zero-order valence-electron chi connectivity index (χ0n) is 9.76. The lowest BCUT2D eigenvalue weighted by atomic mass is 9.94. The Hall–Kier alpha value is -0.930. The van der Waals surface area contributed by atoms with Crippen LogP contribution in [0.15, 0.2) is 18.2 Å². The fourth-order valence-electron chi connectivity index (χ4n) is 1.55. The molecule has 4 heteroatoms. The second-order valence-corrected chi connectivity index (χ2v) is 4.62. The highest BCUT2D eigenvalue weighted by Gasteiger charge is 2.21. The molecule has 0 bridgehead atoms. The minimum Gasteiger partial charge on any atom is -0.396 e. The van der Waals surface area contributed by atoms with Crippen LogP contribution >= 0.6 is 11.6 Å². The molecule has 0 radical (unpaired) electrons. The molecule has 1 unspecified atom stereocenters. The molecule has 0 aliphatic rings. The second kappa shape index (κ2) is 5.41. The Labute approximate surface area is 102 Å². The average Bonchev–Trinajstić information content (AvgIpc) is 2.25. The van der Waals surface area contributed by atoms with Crippen LogP contribution in [0.1, 0.15) is 26.7 Å². The SMILES string of the molecule is CCC(C)(CCO)Nc1cccc(Cl)c1N. The van der Waals surface area contributed by atoms with Gasteiger partial charge in [-0.1, -0.05) is 24.6 Å². The number of nitrogens with two attached hydrogens (primary N) is 1. The lowest BCUT2D eigenvalue weighted by Gasteiger charge is -2.31. The van der Waals surface area contributed by atoms with Gasteiger partial charge in [-0.15, -0.1) is 0 Å². The van der Waals surface area contributed by atoms with Crippen molar-refractivity contribution in [1.82, 2.24) is 0 Å². The van der Waals surface area contributed by atoms with Gasteiger partial charge in [-0.05, 0) is 31.9 Å². The number of rotatable bonds is 5. The molecule has 1 aromatic rings. The Balaban J connectivity index is 2.90. The minimum atomic E-state index is -0.159. The Morgan fingerprint density at radius 3 is 2.75 bits per heavy atom. The number of halogens is 1. The predicted molar refractivity (Wildman–Crippen MR) is 69.9 cm³/mol. The zero-order valence-corrected chi connectivity index (χ0v) is 10.5. The van der Waals surface area contributed by atoms with E-state index in [2.05, 4.69) is 19.2 Å². The van der Waals surface area contributed by atoms with Crippen molar-refractivity contribution in [2.75, 3.05) is 17.7 Å². The molecular weight excluding hydrogens is 224 g/mol. The summed E-state index contributed by atoms with van der Waals surface area (Å²) in [6.45, 7) is 4.28. The fraction of sp³-hybridized carbons (Fsp3) is 0.500. The van der Waals surface area contributed by atoms with Gasteiger partial charge in [0.25, 0.3) is 0 Å². The van der Waals surface area contributed by atoms with Crippen molar-refractivity contribution in [1.29, 1.82) is 0 Å². The van der Waals surface area contributed by atoms with E-state index in [1.54, 1.807) is 6.07 Å². The molecule has 0 fully saturated rings. The van der Waals surface area contributed by atoms with Crippen molar-refractivity contribution in [3.8, 4) is 0 Å². The summed E-state index contributed by atoms with van der Waals surface area (Å²) in [4.78, 5) is 0. The number of para-hydroxylation sites is 1. The highest BCUT2D eigenvalue weighted by Crippen LogP contribution is 2.30. The summed E-state index contributed by atoms with van der Waals surface area (Å²) in [5.74, 6) is 0. The molecule has 0 aliphatic heterocycles. The molecule has 1 aromatic carbocycles. The van der Waals surface area contributed by atoms with Gasteiger partial charge in [0.2, 0.25) is 0 Å². The zero-order chi connectivity index (χ0) is 12.2. The number of hydrogen-bond acceptors (Lipinski definition) is 3. The largest absolute Gasteiger partial charge is 0.396 e. The van der Waals surface area contributed by atoms with Crippen LogP contribution in [-0.2, 0) is 0 Å². The van der Waals surface area contributed by atoms with E-state index in [9.17, 15) is 0 Å². The maximum atomic E-state index is 9.04. The highest BCUT2D eigenvalue weighted by atomic mass is 35.5. The molecule has 0 saturated carbocycles. The van der Waals surface area contributed by atoms with Crippen LogP contribution in [0.4, 0.5) is 11.4 Å². The maximum absolute atomic E-state index is 9.04. The van der Waals surface area contributed by atoms with Crippen LogP contribution in [0.3, 0.4) is 0 Å². The first-order valence-corrected chi connectivity index (χ1v) is 5.83. The average molecular weight is 243 g/mol. The summed E-state index contributed by atoms with van der Waals surface area (Å²) in [7, 11) is 0. The summed E-state index contributed by atoms with van der Waals surface area (Å²) in [5, 5.41) is 12.9. The standard InChI is InChI=1S/C12H19ClN2O/c1-3-12(2,7-8-16)15-10-6-4-5-9(13)11(10)14/h4-6,15-16H,3,7-8,14H2,1-2H3. The Bertz CT molecular complexity index is 357. The molecule has 0 heterocycles. The summed E-state index contributed by atoms with van der Waals surface area (Å²) >= 11 is 5.95. The van der Waals surface area contributed by atoms with Crippen LogP contribution in [0.25, 0.3) is 0 Å². The first kappa shape index (κ1) is 13.1. The minimum absolute atomic E-state index is 0.151. The van der Waals surface area contributed by atoms with Crippen molar-refractivity contribution in [3.63, 3.8) is 0 Å². The Morgan fingerprint density at radius 2 is 2.19 bits per heavy atom. The van der Waals surface area contributed by atoms with Crippen LogP contribution in [0.5, 0.6) is 0 Å². The third-order valence-electron chi connectivity index (χ3n) is 2.93. The van der Waals surface area contributed by atoms with Gasteiger partial charge < -0.3 is 16.2 Å². The molecule has 1 atom stereocenters. The lowest BCUT2D eigenvalue weighted by Crippen LogP contribution is -2.35. The molecule has 0 spiro atoms. The molecule has 0 amide bonds. The first-order chi connectivity index (χ1) is 7.52. The molecule has 1 rings (SSSR count). The number of hydrogen-bond donors (Lipinski definition) is 3. The third-order valence-corrected chi connectivity index (χ3v) is 3.26. The van der Waals surface area contributed by atoms with Crippen LogP contribution < -0.4 is 11.1 Å². The van der Waals surface area contributed by atoms with E-state index in [1.807, 2.05) is 12.1 Å². The molecule has 0 saturated heterocycles. The summed E-state index contributed by atoms with van der Waals surface area (Å²) < 4.78 is 0. The molecule has 90 valence electrons. The van der Waals surface area contributed by atoms with E-state index in [1.165, 1.54) is 0 Å². The molecule has 4 N–H and O–H groups in total. The number of nitrogen functional groups attached to an aromatic ring is 1. The van der Waals surface area contributed by atoms with Crippen molar-refractivity contribution >= 4 is 23.0 Å². The van der Waals surface area contributed by atoms with Gasteiger partial charge in [-0.25, -0.2) is 0 Å². The van der Waals surface area contributed by atoms with Crippen molar-refractivity contribution < 1.29 is 5.11 Å². The number of aliphatic hydroxyl groups is 1. The van der Waals surface area contributed by atoms with Gasteiger partial charge >= 0.3 is 0 Å². The van der Waals surface area contributed by atoms with Crippen molar-refractivity contribution in [2.45, 2.75) is 32.2 Å². The van der Waals surface area contributed by atoms with E-state index < -0.39 is 0 Å². The molecule has 3 nitrogen and oxygen atoms in total. The van der Waals surface area contributed by atoms with Crippen LogP contribution in [0.2, 0.25) is 5.02 Å². The normalized spacial score (nSPS) is 14.5. The summed E-state index contributed by atoms with van der Waals surface area (Å²) in [6, 6.07) is 5.51. The number of aliphatic hydroxyl groups excluding tert-OH is 1. The third kappa shape index (κ3) is 3.03. The van der Waals surface area contributed by atoms with Gasteiger partial charge in [0.15, 0.2) is 0 Å². The number of benzene rings is 1. The summed E-state index contributed by atoms with van der Waals surface area (Å²) in [5.41, 5.74) is 7.11. The van der Waals surface area contributed by atoms with Gasteiger partial charge in [-0.3, -0.25) is 0 Å². The van der Waals surface area contributed by atoms with E-state index in [4.69, 9.17) is 22.4 Å². The predicted octanol–water partition coefficient (Wildman–Crippen LogP) is 2.89. The Kier molecular flexibility index (Phi) is 4.44. The quantitative estimate of drug-likeness (QED) is 0.696. The van der Waals surface area contributed by atoms with Gasteiger partial charge in [-0.2, -0.15) is 0 Å². The van der Waals surface area contributed by atoms with E-state index in [0.717, 1.165) is 12.1 Å². The van der Waals surface area contributed by atoms with Gasteiger partial charge in [0.1, 0.15) is 0 Å². The van der Waals surface area contributed by atoms with Crippen molar-refractivity contribution in [3.05, 3.63) is 23.2 Å². The molecular formula is C12H19ClN2O. The number of nitrogens with one attached hydrogen (secondary N) is 1. The first-order valence-electron chi connectivity index (χ1n) is 5.45.